The highest BCUT2D eigenvalue weighted by molar-refractivity contribution is 8.00. The predicted octanol–water partition coefficient (Wildman–Crippen LogP) is 2.27. The fraction of sp³-hybridized carbons (Fsp3) is 0.467. The summed E-state index contributed by atoms with van der Waals surface area (Å²) in [6, 6.07) is 3.79. The second-order valence-electron chi connectivity index (χ2n) is 6.11. The first kappa shape index (κ1) is 16.5. The lowest BCUT2D eigenvalue weighted by atomic mass is 10.1. The smallest absolute Gasteiger partial charge is 0.233 e. The van der Waals surface area contributed by atoms with Gasteiger partial charge in [-0.05, 0) is 39.8 Å². The number of thioether (sulfide) groups is 1. The van der Waals surface area contributed by atoms with Crippen LogP contribution in [0.15, 0.2) is 29.7 Å². The van der Waals surface area contributed by atoms with Gasteiger partial charge < -0.3 is 9.88 Å². The quantitative estimate of drug-likeness (QED) is 0.875. The van der Waals surface area contributed by atoms with Gasteiger partial charge in [0, 0.05) is 30.5 Å². The van der Waals surface area contributed by atoms with E-state index in [9.17, 15) is 4.79 Å². The summed E-state index contributed by atoms with van der Waals surface area (Å²) in [5, 5.41) is 11.8. The van der Waals surface area contributed by atoms with Gasteiger partial charge >= 0.3 is 0 Å². The zero-order valence-electron chi connectivity index (χ0n) is 13.5. The molecule has 118 valence electrons. The first-order valence-corrected chi connectivity index (χ1v) is 7.94. The molecule has 0 saturated heterocycles. The van der Waals surface area contributed by atoms with E-state index in [1.807, 2.05) is 51.4 Å². The highest BCUT2D eigenvalue weighted by Crippen LogP contribution is 2.25. The minimum atomic E-state index is -0.246. The maximum atomic E-state index is 12.2. The summed E-state index contributed by atoms with van der Waals surface area (Å²) in [5.41, 5.74) is 0.656. The lowest BCUT2D eigenvalue weighted by Gasteiger charge is -2.22. The van der Waals surface area contributed by atoms with E-state index < -0.39 is 0 Å². The second-order valence-corrected chi connectivity index (χ2v) is 7.41. The molecule has 0 saturated carbocycles. The molecule has 1 amide bonds. The monoisotopic (exact) mass is 319 g/mol. The van der Waals surface area contributed by atoms with Crippen LogP contribution in [0, 0.1) is 0 Å². The van der Waals surface area contributed by atoms with Crippen molar-refractivity contribution in [1.29, 1.82) is 0 Å². The first-order chi connectivity index (χ1) is 10.3. The Morgan fingerprint density at radius 1 is 1.36 bits per heavy atom. The number of pyridine rings is 1. The molecule has 0 aliphatic heterocycles. The molecule has 2 aromatic heterocycles. The van der Waals surface area contributed by atoms with Crippen LogP contribution in [0.4, 0.5) is 0 Å². The van der Waals surface area contributed by atoms with Gasteiger partial charge in [0.1, 0.15) is 0 Å². The number of aromatic nitrogens is 4. The summed E-state index contributed by atoms with van der Waals surface area (Å²) in [6.45, 7) is 7.76. The molecule has 2 rings (SSSR count). The van der Waals surface area contributed by atoms with Gasteiger partial charge in [0.05, 0.1) is 5.25 Å². The maximum absolute atomic E-state index is 12.2. The minimum absolute atomic E-state index is 0.0107. The Balaban J connectivity index is 2.12. The minimum Gasteiger partial charge on any atom is -0.351 e. The Morgan fingerprint density at radius 2 is 2.09 bits per heavy atom. The normalized spacial score (nSPS) is 13.0. The van der Waals surface area contributed by atoms with Crippen LogP contribution in [0.3, 0.4) is 0 Å². The molecule has 0 aromatic carbocycles. The summed E-state index contributed by atoms with van der Waals surface area (Å²) in [5.74, 6) is 0.724. The maximum Gasteiger partial charge on any atom is 0.233 e. The molecule has 0 radical (unpaired) electrons. The molecule has 0 aliphatic rings. The van der Waals surface area contributed by atoms with Crippen LogP contribution in [0.25, 0.3) is 11.4 Å². The number of rotatable bonds is 4. The van der Waals surface area contributed by atoms with Crippen molar-refractivity contribution in [2.75, 3.05) is 0 Å². The van der Waals surface area contributed by atoms with Gasteiger partial charge in [-0.15, -0.1) is 10.2 Å². The molecule has 1 N–H and O–H groups in total. The van der Waals surface area contributed by atoms with E-state index in [4.69, 9.17) is 0 Å². The van der Waals surface area contributed by atoms with Gasteiger partial charge in [0.15, 0.2) is 11.0 Å². The topological polar surface area (TPSA) is 72.7 Å². The van der Waals surface area contributed by atoms with E-state index in [1.165, 1.54) is 11.8 Å². The number of carbonyl (C=O) groups excluding carboxylic acids is 1. The summed E-state index contributed by atoms with van der Waals surface area (Å²) in [6.07, 6.45) is 3.46. The molecule has 0 bridgehead atoms. The van der Waals surface area contributed by atoms with Crippen LogP contribution in [0.5, 0.6) is 0 Å². The highest BCUT2D eigenvalue weighted by Gasteiger charge is 2.22. The molecule has 1 atom stereocenters. The lowest BCUT2D eigenvalue weighted by Crippen LogP contribution is -2.44. The van der Waals surface area contributed by atoms with Crippen molar-refractivity contribution in [2.45, 2.75) is 43.6 Å². The van der Waals surface area contributed by atoms with E-state index in [0.717, 1.165) is 11.4 Å². The fourth-order valence-electron chi connectivity index (χ4n) is 1.85. The number of nitrogens with zero attached hydrogens (tertiary/aromatic N) is 4. The van der Waals surface area contributed by atoms with Gasteiger partial charge in [0.2, 0.25) is 5.91 Å². The Hall–Kier alpha value is -1.89. The van der Waals surface area contributed by atoms with Crippen LogP contribution in [0.1, 0.15) is 27.7 Å². The number of hydrogen-bond acceptors (Lipinski definition) is 5. The van der Waals surface area contributed by atoms with Gasteiger partial charge in [0.25, 0.3) is 0 Å². The molecule has 7 heteroatoms. The standard InChI is InChI=1S/C15H21N5OS/c1-10(13(21)17-15(2,3)4)22-14-19-18-12(20(14)5)11-7-6-8-16-9-11/h6-10H,1-5H3,(H,17,21). The average molecular weight is 319 g/mol. The van der Waals surface area contributed by atoms with Crippen LogP contribution < -0.4 is 5.32 Å². The second kappa shape index (κ2) is 6.48. The van der Waals surface area contributed by atoms with Crippen LogP contribution in [0.2, 0.25) is 0 Å². The lowest BCUT2D eigenvalue weighted by molar-refractivity contribution is -0.121. The van der Waals surface area contributed by atoms with Crippen molar-refractivity contribution >= 4 is 17.7 Å². The molecule has 0 fully saturated rings. The van der Waals surface area contributed by atoms with Gasteiger partial charge in [-0.2, -0.15) is 0 Å². The van der Waals surface area contributed by atoms with Crippen LogP contribution in [-0.4, -0.2) is 36.4 Å². The van der Waals surface area contributed by atoms with E-state index >= 15 is 0 Å². The van der Waals surface area contributed by atoms with Gasteiger partial charge in [-0.25, -0.2) is 0 Å². The van der Waals surface area contributed by atoms with Crippen LogP contribution >= 0.6 is 11.8 Å². The number of carbonyl (C=O) groups is 1. The Labute approximate surface area is 134 Å². The van der Waals surface area contributed by atoms with Crippen molar-refractivity contribution < 1.29 is 4.79 Å². The molecule has 1 unspecified atom stereocenters. The summed E-state index contributed by atoms with van der Waals surface area (Å²) >= 11 is 1.39. The largest absolute Gasteiger partial charge is 0.351 e. The molecule has 0 spiro atoms. The first-order valence-electron chi connectivity index (χ1n) is 7.06. The third-order valence-corrected chi connectivity index (χ3v) is 4.04. The summed E-state index contributed by atoms with van der Waals surface area (Å²) in [4.78, 5) is 16.2. The Bertz CT molecular complexity index is 648. The van der Waals surface area contributed by atoms with E-state index in [0.29, 0.717) is 5.16 Å². The molecule has 6 nitrogen and oxygen atoms in total. The van der Waals surface area contributed by atoms with E-state index in [-0.39, 0.29) is 16.7 Å². The van der Waals surface area contributed by atoms with Crippen molar-refractivity contribution in [2.24, 2.45) is 7.05 Å². The van der Waals surface area contributed by atoms with E-state index in [2.05, 4.69) is 20.5 Å². The molecule has 2 aromatic rings. The SMILES string of the molecule is CC(Sc1nnc(-c2cccnc2)n1C)C(=O)NC(C)(C)C. The third kappa shape index (κ3) is 4.07. The molecular formula is C15H21N5OS. The third-order valence-electron chi connectivity index (χ3n) is 2.90. The van der Waals surface area contributed by atoms with Crippen molar-refractivity contribution in [3.8, 4) is 11.4 Å². The average Bonchev–Trinajstić information content (AvgIpc) is 2.79. The van der Waals surface area contributed by atoms with Gasteiger partial charge in [-0.3, -0.25) is 9.78 Å². The molecule has 2 heterocycles. The van der Waals surface area contributed by atoms with Crippen molar-refractivity contribution in [3.63, 3.8) is 0 Å². The zero-order chi connectivity index (χ0) is 16.3. The number of hydrogen-bond donors (Lipinski definition) is 1. The van der Waals surface area contributed by atoms with Gasteiger partial charge in [-0.1, -0.05) is 11.8 Å². The van der Waals surface area contributed by atoms with Crippen molar-refractivity contribution in [3.05, 3.63) is 24.5 Å². The molecule has 22 heavy (non-hydrogen) atoms. The molecule has 0 aliphatic carbocycles. The van der Waals surface area contributed by atoms with Crippen LogP contribution in [-0.2, 0) is 11.8 Å². The molecular weight excluding hydrogens is 298 g/mol. The summed E-state index contributed by atoms with van der Waals surface area (Å²) < 4.78 is 1.88. The Morgan fingerprint density at radius 3 is 2.68 bits per heavy atom. The zero-order valence-corrected chi connectivity index (χ0v) is 14.3. The number of amides is 1. The Kier molecular flexibility index (Phi) is 4.85. The summed E-state index contributed by atoms with van der Waals surface area (Å²) in [7, 11) is 1.89. The fourth-order valence-corrected chi connectivity index (χ4v) is 2.66. The van der Waals surface area contributed by atoms with E-state index in [1.54, 1.807) is 12.4 Å². The van der Waals surface area contributed by atoms with Crippen molar-refractivity contribution in [1.82, 2.24) is 25.1 Å². The predicted molar refractivity (Wildman–Crippen MR) is 87.4 cm³/mol. The number of nitrogens with one attached hydrogen (secondary N) is 1. The highest BCUT2D eigenvalue weighted by atomic mass is 32.2.